The molecule has 1 saturated heterocycles. The molecule has 0 spiro atoms. The standard InChI is InChI=1S/C12H14N2O2S/c13-8-11-7-10(1-4-14-11)9-17(15)12-2-5-16-6-3-12/h1,4,7,12H,2-3,5-6,9H2. The van der Waals surface area contributed by atoms with Crippen LogP contribution in [0.25, 0.3) is 0 Å². The molecular formula is C12H14N2O2S. The van der Waals surface area contributed by atoms with E-state index in [0.29, 0.717) is 24.7 Å². The fraction of sp³-hybridized carbons (Fsp3) is 0.500. The van der Waals surface area contributed by atoms with Gasteiger partial charge in [0, 0.05) is 41.2 Å². The van der Waals surface area contributed by atoms with Crippen LogP contribution in [0, 0.1) is 11.3 Å². The zero-order chi connectivity index (χ0) is 12.1. The number of aromatic nitrogens is 1. The van der Waals surface area contributed by atoms with Gasteiger partial charge in [-0.2, -0.15) is 5.26 Å². The minimum Gasteiger partial charge on any atom is -0.381 e. The smallest absolute Gasteiger partial charge is 0.140 e. The second-order valence-corrected chi connectivity index (χ2v) is 5.71. The maximum absolute atomic E-state index is 12.1. The molecular weight excluding hydrogens is 236 g/mol. The zero-order valence-corrected chi connectivity index (χ0v) is 10.3. The summed E-state index contributed by atoms with van der Waals surface area (Å²) in [7, 11) is -0.885. The van der Waals surface area contributed by atoms with Crippen molar-refractivity contribution in [3.63, 3.8) is 0 Å². The lowest BCUT2D eigenvalue weighted by Gasteiger charge is -2.21. The minimum atomic E-state index is -0.885. The van der Waals surface area contributed by atoms with Crippen LogP contribution in [0.1, 0.15) is 24.1 Å². The molecule has 1 aliphatic rings. The first-order valence-electron chi connectivity index (χ1n) is 5.59. The first kappa shape index (κ1) is 12.2. The molecule has 0 amide bonds. The van der Waals surface area contributed by atoms with Crippen LogP contribution < -0.4 is 0 Å². The van der Waals surface area contributed by atoms with Crippen LogP contribution in [0.15, 0.2) is 18.3 Å². The molecule has 1 atom stereocenters. The van der Waals surface area contributed by atoms with E-state index in [1.54, 1.807) is 12.3 Å². The normalized spacial score (nSPS) is 18.5. The average Bonchev–Trinajstić information content (AvgIpc) is 2.40. The molecule has 0 saturated carbocycles. The molecule has 1 aromatic rings. The van der Waals surface area contributed by atoms with Crippen LogP contribution in [0.5, 0.6) is 0 Å². The molecule has 0 aliphatic carbocycles. The summed E-state index contributed by atoms with van der Waals surface area (Å²) in [5, 5.41) is 8.96. The lowest BCUT2D eigenvalue weighted by Crippen LogP contribution is -2.25. The number of ether oxygens (including phenoxy) is 1. The largest absolute Gasteiger partial charge is 0.381 e. The van der Waals surface area contributed by atoms with Crippen molar-refractivity contribution in [3.8, 4) is 6.07 Å². The number of hydrogen-bond donors (Lipinski definition) is 0. The second-order valence-electron chi connectivity index (χ2n) is 4.00. The van der Waals surface area contributed by atoms with Gasteiger partial charge in [-0.25, -0.2) is 4.98 Å². The molecule has 1 unspecified atom stereocenters. The molecule has 1 aromatic heterocycles. The van der Waals surface area contributed by atoms with Crippen LogP contribution in [-0.4, -0.2) is 27.7 Å². The quantitative estimate of drug-likeness (QED) is 0.813. The zero-order valence-electron chi connectivity index (χ0n) is 9.46. The van der Waals surface area contributed by atoms with Gasteiger partial charge in [0.15, 0.2) is 0 Å². The maximum Gasteiger partial charge on any atom is 0.140 e. The number of pyridine rings is 1. The minimum absolute atomic E-state index is 0.224. The highest BCUT2D eigenvalue weighted by molar-refractivity contribution is 7.84. The number of rotatable bonds is 3. The summed E-state index contributed by atoms with van der Waals surface area (Å²) >= 11 is 0. The van der Waals surface area contributed by atoms with E-state index in [9.17, 15) is 4.21 Å². The Morgan fingerprint density at radius 3 is 3.00 bits per heavy atom. The van der Waals surface area contributed by atoms with Crippen molar-refractivity contribution in [3.05, 3.63) is 29.6 Å². The van der Waals surface area contributed by atoms with E-state index in [0.717, 1.165) is 18.4 Å². The first-order chi connectivity index (χ1) is 8.29. The molecule has 4 nitrogen and oxygen atoms in total. The summed E-state index contributed by atoms with van der Waals surface area (Å²) in [6, 6.07) is 5.51. The van der Waals surface area contributed by atoms with Gasteiger partial charge >= 0.3 is 0 Å². The van der Waals surface area contributed by atoms with Crippen LogP contribution in [0.4, 0.5) is 0 Å². The van der Waals surface area contributed by atoms with E-state index < -0.39 is 10.8 Å². The Balaban J connectivity index is 1.99. The molecule has 5 heteroatoms. The monoisotopic (exact) mass is 250 g/mol. The molecule has 0 radical (unpaired) electrons. The van der Waals surface area contributed by atoms with Gasteiger partial charge in [-0.15, -0.1) is 0 Å². The average molecular weight is 250 g/mol. The Bertz CT molecular complexity index is 450. The molecule has 0 bridgehead atoms. The van der Waals surface area contributed by atoms with Gasteiger partial charge in [-0.05, 0) is 30.5 Å². The highest BCUT2D eigenvalue weighted by Gasteiger charge is 2.20. The van der Waals surface area contributed by atoms with Gasteiger partial charge in [0.05, 0.1) is 0 Å². The Labute approximate surface area is 103 Å². The molecule has 0 N–H and O–H groups in total. The molecule has 1 fully saturated rings. The highest BCUT2D eigenvalue weighted by Crippen LogP contribution is 2.16. The number of nitrogens with zero attached hydrogens (tertiary/aromatic N) is 2. The van der Waals surface area contributed by atoms with Gasteiger partial charge in [0.25, 0.3) is 0 Å². The fourth-order valence-corrected chi connectivity index (χ4v) is 3.31. The van der Waals surface area contributed by atoms with Gasteiger partial charge in [0.2, 0.25) is 0 Å². The van der Waals surface area contributed by atoms with E-state index in [4.69, 9.17) is 10.00 Å². The summed E-state index contributed by atoms with van der Waals surface area (Å²) in [4.78, 5) is 3.90. The topological polar surface area (TPSA) is 63.0 Å². The number of hydrogen-bond acceptors (Lipinski definition) is 4. The Kier molecular flexibility index (Phi) is 4.24. The molecule has 2 rings (SSSR count). The van der Waals surface area contributed by atoms with E-state index in [-0.39, 0.29) is 5.25 Å². The van der Waals surface area contributed by atoms with Crippen molar-refractivity contribution < 1.29 is 8.95 Å². The summed E-state index contributed by atoms with van der Waals surface area (Å²) in [5.74, 6) is 0.502. The lowest BCUT2D eigenvalue weighted by atomic mass is 10.2. The summed E-state index contributed by atoms with van der Waals surface area (Å²) < 4.78 is 17.4. The summed E-state index contributed by atoms with van der Waals surface area (Å²) in [6.07, 6.45) is 3.32. The van der Waals surface area contributed by atoms with Crippen molar-refractivity contribution in [1.82, 2.24) is 4.98 Å². The van der Waals surface area contributed by atoms with E-state index in [1.807, 2.05) is 12.1 Å². The molecule has 90 valence electrons. The SMILES string of the molecule is N#Cc1cc(CS(=O)C2CCOCC2)ccn1. The Morgan fingerprint density at radius 2 is 2.29 bits per heavy atom. The maximum atomic E-state index is 12.1. The van der Waals surface area contributed by atoms with Crippen LogP contribution in [0.2, 0.25) is 0 Å². The van der Waals surface area contributed by atoms with Crippen molar-refractivity contribution >= 4 is 10.8 Å². The van der Waals surface area contributed by atoms with Gasteiger partial charge < -0.3 is 4.74 Å². The number of nitriles is 1. The third kappa shape index (κ3) is 3.35. The third-order valence-electron chi connectivity index (χ3n) is 2.79. The summed E-state index contributed by atoms with van der Waals surface area (Å²) in [6.45, 7) is 1.41. The predicted molar refractivity (Wildman–Crippen MR) is 64.6 cm³/mol. The molecule has 2 heterocycles. The van der Waals surface area contributed by atoms with Gasteiger partial charge in [0.1, 0.15) is 11.8 Å². The molecule has 0 aromatic carbocycles. The van der Waals surface area contributed by atoms with Crippen LogP contribution in [0.3, 0.4) is 0 Å². The highest BCUT2D eigenvalue weighted by atomic mass is 32.2. The van der Waals surface area contributed by atoms with E-state index >= 15 is 0 Å². The van der Waals surface area contributed by atoms with Gasteiger partial charge in [-0.1, -0.05) is 0 Å². The van der Waals surface area contributed by atoms with Crippen LogP contribution >= 0.6 is 0 Å². The lowest BCUT2D eigenvalue weighted by molar-refractivity contribution is 0.0992. The van der Waals surface area contributed by atoms with Crippen LogP contribution in [-0.2, 0) is 21.3 Å². The van der Waals surface area contributed by atoms with Crippen molar-refractivity contribution in [2.75, 3.05) is 13.2 Å². The van der Waals surface area contributed by atoms with Crippen molar-refractivity contribution in [2.24, 2.45) is 0 Å². The summed E-state index contributed by atoms with van der Waals surface area (Å²) in [5.41, 5.74) is 1.30. The van der Waals surface area contributed by atoms with Crippen molar-refractivity contribution in [2.45, 2.75) is 23.8 Å². The van der Waals surface area contributed by atoms with Crippen molar-refractivity contribution in [1.29, 1.82) is 5.26 Å². The molecule has 17 heavy (non-hydrogen) atoms. The first-order valence-corrected chi connectivity index (χ1v) is 6.98. The fourth-order valence-electron chi connectivity index (χ4n) is 1.85. The van der Waals surface area contributed by atoms with Gasteiger partial charge in [-0.3, -0.25) is 4.21 Å². The predicted octanol–water partition coefficient (Wildman–Crippen LogP) is 1.38. The second kappa shape index (κ2) is 5.89. The Morgan fingerprint density at radius 1 is 1.53 bits per heavy atom. The third-order valence-corrected chi connectivity index (χ3v) is 4.62. The van der Waals surface area contributed by atoms with E-state index in [1.165, 1.54) is 0 Å². The van der Waals surface area contributed by atoms with E-state index in [2.05, 4.69) is 4.98 Å². The Hall–Kier alpha value is -1.25. The molecule has 1 aliphatic heterocycles.